The third-order valence-electron chi connectivity index (χ3n) is 4.36. The maximum absolute atomic E-state index is 13.1. The van der Waals surface area contributed by atoms with Crippen LogP contribution in [0.5, 0.6) is 0 Å². The predicted octanol–water partition coefficient (Wildman–Crippen LogP) is 4.21. The fourth-order valence-electron chi connectivity index (χ4n) is 3.10. The average molecular weight is 464 g/mol. The molecule has 0 aliphatic carbocycles. The van der Waals surface area contributed by atoms with E-state index in [-0.39, 0.29) is 48.3 Å². The third-order valence-corrected chi connectivity index (χ3v) is 4.36. The first-order valence-electron chi connectivity index (χ1n) is 10.1. The Morgan fingerprint density at radius 1 is 0.529 bits per heavy atom. The van der Waals surface area contributed by atoms with E-state index in [1.54, 1.807) is 12.1 Å². The number of carbonyl (C=O) groups is 4. The minimum Gasteiger partial charge on any atom is -0.458 e. The molecule has 0 aliphatic heterocycles. The highest BCUT2D eigenvalue weighted by Crippen LogP contribution is 2.33. The molecule has 0 fully saturated rings. The summed E-state index contributed by atoms with van der Waals surface area (Å²) >= 11 is 0. The van der Waals surface area contributed by atoms with Gasteiger partial charge in [0.1, 0.15) is 26.4 Å². The lowest BCUT2D eigenvalue weighted by atomic mass is 9.88. The van der Waals surface area contributed by atoms with Crippen LogP contribution in [0.4, 0.5) is 0 Å². The van der Waals surface area contributed by atoms with Gasteiger partial charge in [-0.05, 0) is 10.8 Å². The topological polar surface area (TPSA) is 105 Å². The number of hydrogen-bond acceptors (Lipinski definition) is 8. The molecule has 0 saturated carbocycles. The van der Waals surface area contributed by atoms with Gasteiger partial charge in [-0.25, -0.2) is 19.2 Å². The molecule has 0 bridgehead atoms. The first-order chi connectivity index (χ1) is 16.4. The number of fused-ring (bicyclic) bond motifs is 1. The molecule has 2 aromatic carbocycles. The Hall–Kier alpha value is -4.46. The van der Waals surface area contributed by atoms with Crippen molar-refractivity contribution >= 4 is 34.6 Å². The Bertz CT molecular complexity index is 1070. The van der Waals surface area contributed by atoms with E-state index in [2.05, 4.69) is 26.3 Å². The van der Waals surface area contributed by atoms with E-state index in [1.165, 1.54) is 36.4 Å². The van der Waals surface area contributed by atoms with Crippen molar-refractivity contribution in [2.75, 3.05) is 26.4 Å². The number of benzene rings is 2. The number of rotatable bonds is 12. The molecule has 0 saturated heterocycles. The molecule has 0 unspecified atom stereocenters. The number of esters is 4. The lowest BCUT2D eigenvalue weighted by Gasteiger charge is -2.19. The summed E-state index contributed by atoms with van der Waals surface area (Å²) in [6.45, 7) is 13.2. The summed E-state index contributed by atoms with van der Waals surface area (Å²) in [4.78, 5) is 52.4. The largest absolute Gasteiger partial charge is 0.458 e. The average Bonchev–Trinajstić information content (AvgIpc) is 2.85. The van der Waals surface area contributed by atoms with Crippen molar-refractivity contribution in [3.05, 3.63) is 97.1 Å². The standard InChI is InChI=1S/C26H24O8/c1-5-13-31-23(27)19-17-11-9-10-12-18(17)20(24(28)32-14-6-2)22(26(30)34-16-8-4)21(19)25(29)33-15-7-3/h5-12H,1-4,13-16H2. The van der Waals surface area contributed by atoms with Crippen LogP contribution in [0.2, 0.25) is 0 Å². The first kappa shape index (κ1) is 25.8. The Labute approximate surface area is 196 Å². The van der Waals surface area contributed by atoms with Gasteiger partial charge in [0.05, 0.1) is 22.3 Å². The molecule has 8 nitrogen and oxygen atoms in total. The minimum atomic E-state index is -1.06. The lowest BCUT2D eigenvalue weighted by molar-refractivity contribution is 0.0470. The predicted molar refractivity (Wildman–Crippen MR) is 126 cm³/mol. The maximum atomic E-state index is 13.1. The second-order valence-corrected chi connectivity index (χ2v) is 6.59. The van der Waals surface area contributed by atoms with Crippen LogP contribution in [-0.2, 0) is 18.9 Å². The van der Waals surface area contributed by atoms with Gasteiger partial charge in [0.15, 0.2) is 0 Å². The van der Waals surface area contributed by atoms with Gasteiger partial charge in [0, 0.05) is 0 Å². The van der Waals surface area contributed by atoms with Crippen LogP contribution in [0.25, 0.3) is 10.8 Å². The number of carbonyl (C=O) groups excluding carboxylic acids is 4. The Kier molecular flexibility index (Phi) is 9.52. The van der Waals surface area contributed by atoms with Gasteiger partial charge in [-0.2, -0.15) is 0 Å². The monoisotopic (exact) mass is 464 g/mol. The van der Waals surface area contributed by atoms with Crippen LogP contribution < -0.4 is 0 Å². The Balaban J connectivity index is 3.03. The zero-order chi connectivity index (χ0) is 25.1. The molecular formula is C26H24O8. The van der Waals surface area contributed by atoms with Crippen molar-refractivity contribution < 1.29 is 38.1 Å². The lowest BCUT2D eigenvalue weighted by Crippen LogP contribution is -2.25. The van der Waals surface area contributed by atoms with Crippen LogP contribution in [0.15, 0.2) is 74.9 Å². The van der Waals surface area contributed by atoms with Crippen molar-refractivity contribution in [3.8, 4) is 0 Å². The molecule has 0 heterocycles. The van der Waals surface area contributed by atoms with Gasteiger partial charge in [-0.3, -0.25) is 0 Å². The fourth-order valence-corrected chi connectivity index (χ4v) is 3.10. The number of ether oxygens (including phenoxy) is 4. The molecule has 34 heavy (non-hydrogen) atoms. The highest BCUT2D eigenvalue weighted by Gasteiger charge is 2.35. The zero-order valence-electron chi connectivity index (χ0n) is 18.5. The van der Waals surface area contributed by atoms with E-state index in [0.29, 0.717) is 0 Å². The highest BCUT2D eigenvalue weighted by atomic mass is 16.5. The van der Waals surface area contributed by atoms with E-state index in [1.807, 2.05) is 0 Å². The smallest absolute Gasteiger partial charge is 0.340 e. The second-order valence-electron chi connectivity index (χ2n) is 6.59. The van der Waals surface area contributed by atoms with Gasteiger partial charge in [-0.1, -0.05) is 74.9 Å². The summed E-state index contributed by atoms with van der Waals surface area (Å²) in [5.74, 6) is -3.96. The molecule has 0 aliphatic rings. The minimum absolute atomic E-state index is 0.159. The third kappa shape index (κ3) is 5.66. The van der Waals surface area contributed by atoms with Gasteiger partial charge < -0.3 is 18.9 Å². The Morgan fingerprint density at radius 2 is 0.794 bits per heavy atom. The van der Waals surface area contributed by atoms with E-state index in [0.717, 1.165) is 0 Å². The van der Waals surface area contributed by atoms with E-state index < -0.39 is 35.0 Å². The maximum Gasteiger partial charge on any atom is 0.340 e. The van der Waals surface area contributed by atoms with Crippen LogP contribution >= 0.6 is 0 Å². The van der Waals surface area contributed by atoms with E-state index in [4.69, 9.17) is 18.9 Å². The molecule has 0 amide bonds. The fraction of sp³-hybridized carbons (Fsp3) is 0.154. The second kappa shape index (κ2) is 12.5. The SMILES string of the molecule is C=CCOC(=O)c1c(C(=O)OCC=C)c(C(=O)OCC=C)c2ccccc2c1C(=O)OCC=C. The highest BCUT2D eigenvalue weighted by molar-refractivity contribution is 6.24. The molecule has 0 aromatic heterocycles. The summed E-state index contributed by atoms with van der Waals surface area (Å²) in [5, 5.41) is 0.348. The molecular weight excluding hydrogens is 440 g/mol. The summed E-state index contributed by atoms with van der Waals surface area (Å²) in [6, 6.07) is 6.21. The molecule has 2 rings (SSSR count). The summed E-state index contributed by atoms with van der Waals surface area (Å²) < 4.78 is 20.7. The van der Waals surface area contributed by atoms with Crippen LogP contribution in [0, 0.1) is 0 Å². The summed E-state index contributed by atoms with van der Waals surface area (Å²) in [7, 11) is 0. The van der Waals surface area contributed by atoms with Crippen LogP contribution in [0.1, 0.15) is 41.4 Å². The van der Waals surface area contributed by atoms with Crippen LogP contribution in [-0.4, -0.2) is 50.3 Å². The van der Waals surface area contributed by atoms with Gasteiger partial charge in [-0.15, -0.1) is 0 Å². The van der Waals surface area contributed by atoms with Crippen molar-refractivity contribution in [3.63, 3.8) is 0 Å². The number of hydrogen-bond donors (Lipinski definition) is 0. The van der Waals surface area contributed by atoms with Crippen LogP contribution in [0.3, 0.4) is 0 Å². The quantitative estimate of drug-likeness (QED) is 0.261. The zero-order valence-corrected chi connectivity index (χ0v) is 18.5. The molecule has 0 atom stereocenters. The van der Waals surface area contributed by atoms with E-state index in [9.17, 15) is 19.2 Å². The van der Waals surface area contributed by atoms with Crippen molar-refractivity contribution in [2.24, 2.45) is 0 Å². The molecule has 0 N–H and O–H groups in total. The molecule has 0 radical (unpaired) electrons. The van der Waals surface area contributed by atoms with Gasteiger partial charge in [0.2, 0.25) is 0 Å². The van der Waals surface area contributed by atoms with Gasteiger partial charge >= 0.3 is 23.9 Å². The normalized spacial score (nSPS) is 10.0. The Morgan fingerprint density at radius 3 is 1.06 bits per heavy atom. The van der Waals surface area contributed by atoms with Crippen molar-refractivity contribution in [1.29, 1.82) is 0 Å². The molecule has 2 aromatic rings. The summed E-state index contributed by atoms with van der Waals surface area (Å²) in [6.07, 6.45) is 5.30. The van der Waals surface area contributed by atoms with Crippen molar-refractivity contribution in [1.82, 2.24) is 0 Å². The summed E-state index contributed by atoms with van der Waals surface area (Å²) in [5.41, 5.74) is -1.52. The van der Waals surface area contributed by atoms with Crippen molar-refractivity contribution in [2.45, 2.75) is 0 Å². The van der Waals surface area contributed by atoms with Gasteiger partial charge in [0.25, 0.3) is 0 Å². The molecule has 0 spiro atoms. The first-order valence-corrected chi connectivity index (χ1v) is 10.1. The molecule has 8 heteroatoms. The van der Waals surface area contributed by atoms with E-state index >= 15 is 0 Å². The molecule has 176 valence electrons.